The van der Waals surface area contributed by atoms with E-state index in [1.54, 1.807) is 9.58 Å². The molecule has 2 aliphatic heterocycles. The maximum atomic E-state index is 13.5. The second-order valence-electron chi connectivity index (χ2n) is 9.48. The van der Waals surface area contributed by atoms with Gasteiger partial charge in [-0.3, -0.25) is 19.1 Å². The van der Waals surface area contributed by atoms with E-state index >= 15 is 0 Å². The van der Waals surface area contributed by atoms with Crippen molar-refractivity contribution in [3.05, 3.63) is 40.6 Å². The number of piperidine rings is 1. The van der Waals surface area contributed by atoms with Gasteiger partial charge in [0, 0.05) is 24.5 Å². The summed E-state index contributed by atoms with van der Waals surface area (Å²) in [7, 11) is 0. The average Bonchev–Trinajstić information content (AvgIpc) is 3.22. The van der Waals surface area contributed by atoms with Gasteiger partial charge < -0.3 is 19.7 Å². The Morgan fingerprint density at radius 2 is 1.97 bits per heavy atom. The van der Waals surface area contributed by atoms with Gasteiger partial charge in [-0.2, -0.15) is 5.10 Å². The summed E-state index contributed by atoms with van der Waals surface area (Å²) in [6.07, 6.45) is 2.95. The molecule has 0 spiro atoms. The second kappa shape index (κ2) is 7.77. The summed E-state index contributed by atoms with van der Waals surface area (Å²) in [5.74, 6) is 0.396. The molecule has 1 aromatic carbocycles. The fourth-order valence-electron chi connectivity index (χ4n) is 5.24. The zero-order chi connectivity index (χ0) is 24.5. The lowest BCUT2D eigenvalue weighted by Gasteiger charge is -2.27. The molecule has 11 heteroatoms. The summed E-state index contributed by atoms with van der Waals surface area (Å²) in [5.41, 5.74) is 0.942. The van der Waals surface area contributed by atoms with Crippen molar-refractivity contribution < 1.29 is 23.9 Å². The number of carbonyl (C=O) groups is 3. The van der Waals surface area contributed by atoms with Gasteiger partial charge in [0.2, 0.25) is 24.4 Å². The first-order valence-electron chi connectivity index (χ1n) is 11.3. The smallest absolute Gasteiger partial charge is 0.248 e. The lowest BCUT2D eigenvalue weighted by Crippen LogP contribution is -2.46. The largest absolute Gasteiger partial charge is 0.452 e. The molecular formula is C24H22BrN5O5. The van der Waals surface area contributed by atoms with E-state index in [1.165, 1.54) is 13.1 Å². The van der Waals surface area contributed by atoms with E-state index in [9.17, 15) is 14.4 Å². The third-order valence-electron chi connectivity index (χ3n) is 7.10. The molecule has 1 saturated heterocycles. The van der Waals surface area contributed by atoms with Gasteiger partial charge >= 0.3 is 0 Å². The molecule has 3 aliphatic rings. The molecule has 2 amide bonds. The molecule has 2 fully saturated rings. The highest BCUT2D eigenvalue weighted by Gasteiger charge is 2.64. The molecule has 3 atom stereocenters. The highest BCUT2D eigenvalue weighted by atomic mass is 79.9. The van der Waals surface area contributed by atoms with E-state index in [2.05, 4.69) is 38.3 Å². The van der Waals surface area contributed by atoms with Gasteiger partial charge in [-0.1, -0.05) is 25.1 Å². The van der Waals surface area contributed by atoms with Crippen molar-refractivity contribution in [1.29, 1.82) is 0 Å². The first-order chi connectivity index (χ1) is 16.8. The zero-order valence-corrected chi connectivity index (χ0v) is 20.7. The van der Waals surface area contributed by atoms with Crippen molar-refractivity contribution in [3.63, 3.8) is 0 Å². The number of ketones is 1. The molecule has 0 radical (unpaired) electrons. The van der Waals surface area contributed by atoms with Crippen LogP contribution < -0.4 is 14.8 Å². The highest BCUT2D eigenvalue weighted by molar-refractivity contribution is 9.10. The number of pyridine rings is 1. The van der Waals surface area contributed by atoms with Gasteiger partial charge in [0.1, 0.15) is 18.3 Å². The van der Waals surface area contributed by atoms with Crippen LogP contribution in [0, 0.1) is 5.41 Å². The highest BCUT2D eigenvalue weighted by Crippen LogP contribution is 2.59. The van der Waals surface area contributed by atoms with Crippen LogP contribution in [0.5, 0.6) is 11.5 Å². The van der Waals surface area contributed by atoms with Crippen LogP contribution in [0.15, 0.2) is 34.9 Å². The first kappa shape index (κ1) is 22.0. The summed E-state index contributed by atoms with van der Waals surface area (Å²) in [5, 5.41) is 7.95. The Morgan fingerprint density at radius 1 is 1.20 bits per heavy atom. The number of carbonyl (C=O) groups excluding carboxylic acids is 3. The summed E-state index contributed by atoms with van der Waals surface area (Å²) in [6.45, 7) is 3.53. The van der Waals surface area contributed by atoms with Crippen molar-refractivity contribution in [1.82, 2.24) is 19.7 Å². The van der Waals surface area contributed by atoms with Crippen LogP contribution in [0.3, 0.4) is 0 Å². The Morgan fingerprint density at radius 3 is 2.77 bits per heavy atom. The van der Waals surface area contributed by atoms with Crippen LogP contribution in [0.4, 0.5) is 5.82 Å². The van der Waals surface area contributed by atoms with E-state index in [-0.39, 0.29) is 48.2 Å². The number of fused-ring (bicyclic) bond motifs is 3. The number of ether oxygens (including phenoxy) is 2. The fraction of sp³-hybridized carbons (Fsp3) is 0.375. The minimum Gasteiger partial charge on any atom is -0.452 e. The van der Waals surface area contributed by atoms with Crippen molar-refractivity contribution in [2.45, 2.75) is 45.3 Å². The predicted octanol–water partition coefficient (Wildman–Crippen LogP) is 3.14. The molecule has 10 nitrogen and oxygen atoms in total. The summed E-state index contributed by atoms with van der Waals surface area (Å²) >= 11 is 3.36. The number of para-hydroxylation sites is 1. The van der Waals surface area contributed by atoms with Crippen LogP contribution in [-0.4, -0.2) is 56.1 Å². The molecule has 180 valence electrons. The Bertz CT molecular complexity index is 1420. The molecule has 35 heavy (non-hydrogen) atoms. The lowest BCUT2D eigenvalue weighted by molar-refractivity contribution is -0.138. The van der Waals surface area contributed by atoms with Crippen molar-refractivity contribution in [3.8, 4) is 11.5 Å². The average molecular weight is 540 g/mol. The van der Waals surface area contributed by atoms with Gasteiger partial charge in [0.25, 0.3) is 0 Å². The monoisotopic (exact) mass is 539 g/mol. The third-order valence-corrected chi connectivity index (χ3v) is 7.66. The predicted molar refractivity (Wildman–Crippen MR) is 128 cm³/mol. The van der Waals surface area contributed by atoms with E-state index in [4.69, 9.17) is 9.47 Å². The van der Waals surface area contributed by atoms with E-state index in [0.29, 0.717) is 39.0 Å². The topological polar surface area (TPSA) is 116 Å². The molecule has 1 saturated carbocycles. The number of aromatic nitrogens is 3. The molecule has 4 heterocycles. The zero-order valence-electron chi connectivity index (χ0n) is 19.1. The number of nitrogens with one attached hydrogen (secondary N) is 1. The first-order valence-corrected chi connectivity index (χ1v) is 12.1. The Balaban J connectivity index is 1.27. The number of hydrogen-bond donors (Lipinski definition) is 1. The summed E-state index contributed by atoms with van der Waals surface area (Å²) in [6, 6.07) is 6.67. The summed E-state index contributed by atoms with van der Waals surface area (Å²) in [4.78, 5) is 44.9. The van der Waals surface area contributed by atoms with E-state index < -0.39 is 6.04 Å². The van der Waals surface area contributed by atoms with Crippen LogP contribution >= 0.6 is 15.9 Å². The number of Topliss-reactive ketones (excluding diaryl/α,β-unsaturated/α-hetero) is 1. The number of anilines is 1. The van der Waals surface area contributed by atoms with E-state index in [0.717, 1.165) is 6.42 Å². The van der Waals surface area contributed by atoms with Gasteiger partial charge in [0.15, 0.2) is 17.4 Å². The van der Waals surface area contributed by atoms with Crippen molar-refractivity contribution in [2.75, 3.05) is 12.1 Å². The Hall–Kier alpha value is -3.47. The SMILES string of the molecule is CC(=O)c1nn(CC(=O)N2C3C[C@]3(C)C[C@H]2C(=O)Nc2ncc(Br)c3c2OCO3)c2ccccc12. The molecular weight excluding hydrogens is 518 g/mol. The molecule has 3 aromatic rings. The molecule has 2 aromatic heterocycles. The van der Waals surface area contributed by atoms with Crippen LogP contribution in [-0.2, 0) is 16.1 Å². The maximum Gasteiger partial charge on any atom is 0.248 e. The number of rotatable bonds is 5. The van der Waals surface area contributed by atoms with Crippen LogP contribution in [0.1, 0.15) is 37.2 Å². The summed E-state index contributed by atoms with van der Waals surface area (Å²) < 4.78 is 13.1. The number of likely N-dealkylation sites (tertiary alicyclic amines) is 1. The van der Waals surface area contributed by atoms with Gasteiger partial charge in [-0.15, -0.1) is 0 Å². The fourth-order valence-corrected chi connectivity index (χ4v) is 5.63. The minimum atomic E-state index is -0.649. The number of amides is 2. The maximum absolute atomic E-state index is 13.5. The Labute approximate surface area is 208 Å². The van der Waals surface area contributed by atoms with Crippen LogP contribution in [0.25, 0.3) is 10.9 Å². The number of benzene rings is 1. The molecule has 6 rings (SSSR count). The normalized spacial score (nSPS) is 23.9. The molecule has 0 bridgehead atoms. The van der Waals surface area contributed by atoms with Gasteiger partial charge in [0.05, 0.1) is 9.99 Å². The molecule has 1 unspecified atom stereocenters. The Kier molecular flexibility index (Phi) is 4.89. The standard InChI is InChI=1S/C24H22BrN5O5/c1-12(31)19-13-5-3-4-6-15(13)29(28-19)10-18(32)30-16(7-24(2)8-17(24)30)23(33)27-22-21-20(34-11-35-21)14(25)9-26-22/h3-6,9,16-17H,7-8,10-11H2,1-2H3,(H,26,27,33)/t16-,17?,24-/m0/s1. The van der Waals surface area contributed by atoms with E-state index in [1.807, 2.05) is 24.3 Å². The quantitative estimate of drug-likeness (QED) is 0.495. The molecule has 1 aliphatic carbocycles. The lowest BCUT2D eigenvalue weighted by atomic mass is 10.0. The second-order valence-corrected chi connectivity index (χ2v) is 10.3. The van der Waals surface area contributed by atoms with Gasteiger partial charge in [-0.25, -0.2) is 4.98 Å². The number of hydrogen-bond acceptors (Lipinski definition) is 7. The number of nitrogens with zero attached hydrogens (tertiary/aromatic N) is 4. The van der Waals surface area contributed by atoms with Crippen molar-refractivity contribution >= 4 is 50.2 Å². The number of halogens is 1. The van der Waals surface area contributed by atoms with Gasteiger partial charge in [-0.05, 0) is 40.3 Å². The third kappa shape index (κ3) is 3.48. The van der Waals surface area contributed by atoms with Crippen LogP contribution in [0.2, 0.25) is 0 Å². The minimum absolute atomic E-state index is 0.0111. The molecule has 1 N–H and O–H groups in total. The van der Waals surface area contributed by atoms with Crippen molar-refractivity contribution in [2.24, 2.45) is 5.41 Å².